The molecule has 0 aliphatic rings. The summed E-state index contributed by atoms with van der Waals surface area (Å²) < 4.78 is 1.86. The SMILES string of the molecule is CSC(CO)C(C)NC(C)c1cnn(-c2ccccn2)c1C. The maximum absolute atomic E-state index is 9.40. The van der Waals surface area contributed by atoms with Crippen LogP contribution >= 0.6 is 11.8 Å². The van der Waals surface area contributed by atoms with E-state index in [9.17, 15) is 5.11 Å². The van der Waals surface area contributed by atoms with Crippen LogP contribution in [0.5, 0.6) is 0 Å². The fourth-order valence-corrected chi connectivity index (χ4v) is 3.22. The fourth-order valence-electron chi connectivity index (χ4n) is 2.59. The van der Waals surface area contributed by atoms with Crippen molar-refractivity contribution in [2.24, 2.45) is 0 Å². The van der Waals surface area contributed by atoms with E-state index in [0.717, 1.165) is 17.1 Å². The first-order valence-electron chi connectivity index (χ1n) is 7.44. The molecular formula is C16H24N4OS. The van der Waals surface area contributed by atoms with Gasteiger partial charge in [-0.1, -0.05) is 6.07 Å². The molecule has 0 aliphatic carbocycles. The molecule has 2 aromatic rings. The summed E-state index contributed by atoms with van der Waals surface area (Å²) in [5.41, 5.74) is 2.23. The molecule has 120 valence electrons. The first kappa shape index (κ1) is 17.0. The predicted molar refractivity (Wildman–Crippen MR) is 91.5 cm³/mol. The van der Waals surface area contributed by atoms with Crippen LogP contribution in [0.1, 0.15) is 31.1 Å². The number of rotatable bonds is 7. The average molecular weight is 320 g/mol. The van der Waals surface area contributed by atoms with E-state index in [1.165, 1.54) is 0 Å². The van der Waals surface area contributed by atoms with Crippen molar-refractivity contribution in [3.63, 3.8) is 0 Å². The van der Waals surface area contributed by atoms with E-state index in [1.54, 1.807) is 18.0 Å². The zero-order chi connectivity index (χ0) is 16.1. The van der Waals surface area contributed by atoms with Crippen molar-refractivity contribution in [1.29, 1.82) is 0 Å². The van der Waals surface area contributed by atoms with Gasteiger partial charge in [-0.15, -0.1) is 0 Å². The highest BCUT2D eigenvalue weighted by Crippen LogP contribution is 2.21. The van der Waals surface area contributed by atoms with Gasteiger partial charge in [0.25, 0.3) is 0 Å². The molecule has 2 heterocycles. The van der Waals surface area contributed by atoms with Crippen LogP contribution in [-0.4, -0.2) is 44.0 Å². The Morgan fingerprint density at radius 1 is 1.36 bits per heavy atom. The molecule has 5 nitrogen and oxygen atoms in total. The summed E-state index contributed by atoms with van der Waals surface area (Å²) in [4.78, 5) is 4.34. The predicted octanol–water partition coefficient (Wildman–Crippen LogP) is 2.34. The third kappa shape index (κ3) is 3.69. The number of aliphatic hydroxyl groups excluding tert-OH is 1. The molecule has 0 amide bonds. The van der Waals surface area contributed by atoms with Gasteiger partial charge >= 0.3 is 0 Å². The molecule has 0 spiro atoms. The third-order valence-corrected chi connectivity index (χ3v) is 5.10. The van der Waals surface area contributed by atoms with E-state index < -0.39 is 0 Å². The maximum Gasteiger partial charge on any atom is 0.153 e. The van der Waals surface area contributed by atoms with Gasteiger partial charge in [0, 0.05) is 34.8 Å². The Bertz CT molecular complexity index is 583. The first-order valence-corrected chi connectivity index (χ1v) is 8.72. The van der Waals surface area contributed by atoms with Gasteiger partial charge in [0.1, 0.15) is 0 Å². The number of thioether (sulfide) groups is 1. The van der Waals surface area contributed by atoms with Crippen LogP contribution in [0.25, 0.3) is 5.82 Å². The average Bonchev–Trinajstić information content (AvgIpc) is 2.91. The van der Waals surface area contributed by atoms with Gasteiger partial charge in [-0.3, -0.25) is 0 Å². The number of nitrogens with zero attached hydrogens (tertiary/aromatic N) is 3. The molecule has 0 aromatic carbocycles. The zero-order valence-corrected chi connectivity index (χ0v) is 14.3. The van der Waals surface area contributed by atoms with Gasteiger partial charge in [0.15, 0.2) is 5.82 Å². The summed E-state index contributed by atoms with van der Waals surface area (Å²) >= 11 is 1.68. The Balaban J connectivity index is 2.15. The number of hydrogen-bond donors (Lipinski definition) is 2. The highest BCUT2D eigenvalue weighted by molar-refractivity contribution is 7.99. The largest absolute Gasteiger partial charge is 0.395 e. The van der Waals surface area contributed by atoms with Crippen LogP contribution < -0.4 is 5.32 Å². The van der Waals surface area contributed by atoms with Crippen molar-refractivity contribution in [2.75, 3.05) is 12.9 Å². The summed E-state index contributed by atoms with van der Waals surface area (Å²) in [6.07, 6.45) is 5.68. The highest BCUT2D eigenvalue weighted by atomic mass is 32.2. The second-order valence-corrected chi connectivity index (χ2v) is 6.50. The standard InChI is InChI=1S/C16H24N4OS/c1-11(19-12(2)15(10-21)22-4)14-9-18-20(13(14)3)16-7-5-6-8-17-16/h5-9,11-12,15,19,21H,10H2,1-4H3. The summed E-state index contributed by atoms with van der Waals surface area (Å²) in [5.74, 6) is 0.823. The second kappa shape index (κ2) is 7.76. The van der Waals surface area contributed by atoms with Gasteiger partial charge < -0.3 is 10.4 Å². The van der Waals surface area contributed by atoms with Crippen LogP contribution in [0, 0.1) is 6.92 Å². The molecule has 2 aromatic heterocycles. The molecular weight excluding hydrogens is 296 g/mol. The van der Waals surface area contributed by atoms with Crippen molar-refractivity contribution in [3.05, 3.63) is 41.9 Å². The van der Waals surface area contributed by atoms with Gasteiger partial charge in [-0.05, 0) is 39.2 Å². The van der Waals surface area contributed by atoms with Gasteiger partial charge in [0.2, 0.25) is 0 Å². The first-order chi connectivity index (χ1) is 10.6. The Morgan fingerprint density at radius 2 is 2.14 bits per heavy atom. The molecule has 3 atom stereocenters. The number of nitrogens with one attached hydrogen (secondary N) is 1. The zero-order valence-electron chi connectivity index (χ0n) is 13.5. The lowest BCUT2D eigenvalue weighted by Crippen LogP contribution is -2.39. The van der Waals surface area contributed by atoms with Crippen molar-refractivity contribution in [3.8, 4) is 5.82 Å². The molecule has 0 fully saturated rings. The minimum Gasteiger partial charge on any atom is -0.395 e. The molecule has 0 bridgehead atoms. The quantitative estimate of drug-likeness (QED) is 0.820. The fraction of sp³-hybridized carbons (Fsp3) is 0.500. The van der Waals surface area contributed by atoms with E-state index >= 15 is 0 Å². The molecule has 0 saturated heterocycles. The van der Waals surface area contributed by atoms with Gasteiger partial charge in [-0.25, -0.2) is 9.67 Å². The van der Waals surface area contributed by atoms with Crippen molar-refractivity contribution in [1.82, 2.24) is 20.1 Å². The molecule has 2 N–H and O–H groups in total. The van der Waals surface area contributed by atoms with E-state index in [2.05, 4.69) is 36.2 Å². The van der Waals surface area contributed by atoms with Crippen LogP contribution in [0.4, 0.5) is 0 Å². The molecule has 0 aliphatic heterocycles. The van der Waals surface area contributed by atoms with Crippen molar-refractivity contribution >= 4 is 11.8 Å². The van der Waals surface area contributed by atoms with Crippen LogP contribution in [0.15, 0.2) is 30.6 Å². The summed E-state index contributed by atoms with van der Waals surface area (Å²) in [7, 11) is 0. The number of hydrogen-bond acceptors (Lipinski definition) is 5. The topological polar surface area (TPSA) is 63.0 Å². The molecule has 22 heavy (non-hydrogen) atoms. The lowest BCUT2D eigenvalue weighted by atomic mass is 10.1. The van der Waals surface area contributed by atoms with E-state index in [4.69, 9.17) is 0 Å². The van der Waals surface area contributed by atoms with Crippen LogP contribution in [-0.2, 0) is 0 Å². The Hall–Kier alpha value is -1.37. The minimum atomic E-state index is 0.161. The smallest absolute Gasteiger partial charge is 0.153 e. The molecule has 2 rings (SSSR count). The van der Waals surface area contributed by atoms with Gasteiger partial charge in [0.05, 0.1) is 12.8 Å². The minimum absolute atomic E-state index is 0.161. The lowest BCUT2D eigenvalue weighted by Gasteiger charge is -2.25. The molecule has 0 radical (unpaired) electrons. The Labute approximate surface area is 136 Å². The summed E-state index contributed by atoms with van der Waals surface area (Å²) in [6.45, 7) is 6.45. The number of pyridine rings is 1. The second-order valence-electron chi connectivity index (χ2n) is 5.42. The van der Waals surface area contributed by atoms with E-state index in [1.807, 2.05) is 35.3 Å². The molecule has 0 saturated carbocycles. The lowest BCUT2D eigenvalue weighted by molar-refractivity contribution is 0.271. The summed E-state index contributed by atoms with van der Waals surface area (Å²) in [6, 6.07) is 6.17. The number of aliphatic hydroxyl groups is 1. The Morgan fingerprint density at radius 3 is 2.73 bits per heavy atom. The monoisotopic (exact) mass is 320 g/mol. The summed E-state index contributed by atoms with van der Waals surface area (Å²) in [5, 5.41) is 17.6. The van der Waals surface area contributed by atoms with Crippen molar-refractivity contribution in [2.45, 2.75) is 38.1 Å². The normalized spacial score (nSPS) is 15.5. The van der Waals surface area contributed by atoms with E-state index in [-0.39, 0.29) is 23.9 Å². The highest BCUT2D eigenvalue weighted by Gasteiger charge is 2.20. The Kier molecular flexibility index (Phi) is 5.99. The van der Waals surface area contributed by atoms with E-state index in [0.29, 0.717) is 0 Å². The molecule has 6 heteroatoms. The molecule has 3 unspecified atom stereocenters. The van der Waals surface area contributed by atoms with Crippen LogP contribution in [0.2, 0.25) is 0 Å². The van der Waals surface area contributed by atoms with Crippen molar-refractivity contribution < 1.29 is 5.11 Å². The number of aromatic nitrogens is 3. The third-order valence-electron chi connectivity index (χ3n) is 3.93. The van der Waals surface area contributed by atoms with Crippen LogP contribution in [0.3, 0.4) is 0 Å². The van der Waals surface area contributed by atoms with Gasteiger partial charge in [-0.2, -0.15) is 16.9 Å². The maximum atomic E-state index is 9.40.